The van der Waals surface area contributed by atoms with Crippen LogP contribution in [0.25, 0.3) is 22.0 Å². The van der Waals surface area contributed by atoms with Crippen LogP contribution >= 0.6 is 12.4 Å². The summed E-state index contributed by atoms with van der Waals surface area (Å²) in [5.41, 5.74) is 7.50. The number of aromatic nitrogens is 2. The minimum absolute atomic E-state index is 0. The molecule has 2 N–H and O–H groups in total. The van der Waals surface area contributed by atoms with Crippen molar-refractivity contribution in [2.75, 3.05) is 12.8 Å². The summed E-state index contributed by atoms with van der Waals surface area (Å²) in [5.74, 6) is 0.678. The van der Waals surface area contributed by atoms with Crippen molar-refractivity contribution in [3.8, 4) is 17.1 Å². The van der Waals surface area contributed by atoms with Crippen molar-refractivity contribution >= 4 is 29.1 Å². The Bertz CT molecular complexity index is 741. The minimum atomic E-state index is 0. The van der Waals surface area contributed by atoms with Crippen molar-refractivity contribution in [3.63, 3.8) is 0 Å². The fourth-order valence-electron chi connectivity index (χ4n) is 2.13. The molecule has 5 heteroatoms. The zero-order valence-electron chi connectivity index (χ0n) is 10.9. The monoisotopic (exact) mass is 287 g/mol. The predicted molar refractivity (Wildman–Crippen MR) is 83.2 cm³/mol. The molecule has 0 fully saturated rings. The fourth-order valence-corrected chi connectivity index (χ4v) is 2.13. The second kappa shape index (κ2) is 5.75. The lowest BCUT2D eigenvalue weighted by Gasteiger charge is -2.08. The summed E-state index contributed by atoms with van der Waals surface area (Å²) in [6.07, 6.45) is 0. The van der Waals surface area contributed by atoms with E-state index >= 15 is 0 Å². The summed E-state index contributed by atoms with van der Waals surface area (Å²) in [5, 5.41) is 2.29. The van der Waals surface area contributed by atoms with Crippen molar-refractivity contribution in [2.45, 2.75) is 0 Å². The minimum Gasteiger partial charge on any atom is -0.481 e. The molecule has 2 aromatic carbocycles. The number of anilines is 1. The Labute approximate surface area is 123 Å². The molecule has 0 spiro atoms. The van der Waals surface area contributed by atoms with Crippen molar-refractivity contribution in [3.05, 3.63) is 48.5 Å². The molecule has 0 aliphatic carbocycles. The number of fused-ring (bicyclic) bond motifs is 1. The van der Waals surface area contributed by atoms with Crippen LogP contribution < -0.4 is 10.5 Å². The van der Waals surface area contributed by atoms with Crippen LogP contribution in [0.4, 0.5) is 5.95 Å². The number of nitrogens with zero attached hydrogens (tertiary/aromatic N) is 2. The van der Waals surface area contributed by atoms with Crippen LogP contribution in [0.3, 0.4) is 0 Å². The molecule has 1 heterocycles. The Balaban J connectivity index is 0.00000147. The number of rotatable bonds is 2. The SMILES string of the molecule is COc1cc(-c2cccc3ccccc23)nc(N)n1.Cl. The molecule has 0 saturated carbocycles. The third-order valence-corrected chi connectivity index (χ3v) is 2.99. The topological polar surface area (TPSA) is 61.0 Å². The van der Waals surface area contributed by atoms with Crippen molar-refractivity contribution in [2.24, 2.45) is 0 Å². The van der Waals surface area contributed by atoms with Crippen LogP contribution in [-0.4, -0.2) is 17.1 Å². The van der Waals surface area contributed by atoms with Gasteiger partial charge in [-0.05, 0) is 10.8 Å². The maximum absolute atomic E-state index is 5.71. The Morgan fingerprint density at radius 3 is 2.55 bits per heavy atom. The normalized spacial score (nSPS) is 10.1. The highest BCUT2D eigenvalue weighted by molar-refractivity contribution is 5.95. The second-order valence-electron chi connectivity index (χ2n) is 4.18. The number of methoxy groups -OCH3 is 1. The Morgan fingerprint density at radius 2 is 1.75 bits per heavy atom. The molecular formula is C15H14ClN3O. The number of ether oxygens (including phenoxy) is 1. The van der Waals surface area contributed by atoms with E-state index in [-0.39, 0.29) is 18.4 Å². The number of nitrogen functional groups attached to an aromatic ring is 1. The van der Waals surface area contributed by atoms with Crippen LogP contribution in [0.15, 0.2) is 48.5 Å². The van der Waals surface area contributed by atoms with Gasteiger partial charge in [-0.1, -0.05) is 42.5 Å². The summed E-state index contributed by atoms with van der Waals surface area (Å²) in [6, 6.07) is 16.0. The van der Waals surface area contributed by atoms with Gasteiger partial charge < -0.3 is 10.5 Å². The van der Waals surface area contributed by atoms with Crippen LogP contribution in [0.2, 0.25) is 0 Å². The maximum Gasteiger partial charge on any atom is 0.223 e. The first-order valence-electron chi connectivity index (χ1n) is 5.94. The Hall–Kier alpha value is -2.33. The first-order chi connectivity index (χ1) is 9.28. The molecule has 102 valence electrons. The third kappa shape index (κ3) is 2.51. The number of benzene rings is 2. The molecule has 0 atom stereocenters. The summed E-state index contributed by atoms with van der Waals surface area (Å²) in [7, 11) is 1.56. The molecule has 0 aliphatic heterocycles. The third-order valence-electron chi connectivity index (χ3n) is 2.99. The average molecular weight is 288 g/mol. The van der Waals surface area contributed by atoms with E-state index in [0.29, 0.717) is 5.88 Å². The molecule has 20 heavy (non-hydrogen) atoms. The first kappa shape index (κ1) is 14.1. The molecule has 3 rings (SSSR count). The van der Waals surface area contributed by atoms with E-state index in [2.05, 4.69) is 28.2 Å². The lowest BCUT2D eigenvalue weighted by atomic mass is 10.0. The van der Waals surface area contributed by atoms with E-state index in [1.54, 1.807) is 13.2 Å². The first-order valence-corrected chi connectivity index (χ1v) is 5.94. The highest BCUT2D eigenvalue weighted by Crippen LogP contribution is 2.29. The molecule has 1 aromatic heterocycles. The molecule has 0 amide bonds. The largest absolute Gasteiger partial charge is 0.481 e. The summed E-state index contributed by atoms with van der Waals surface area (Å²) in [4.78, 5) is 8.29. The van der Waals surface area contributed by atoms with Gasteiger partial charge in [0.2, 0.25) is 11.8 Å². The average Bonchev–Trinajstić information content (AvgIpc) is 2.46. The fraction of sp³-hybridized carbons (Fsp3) is 0.0667. The van der Waals surface area contributed by atoms with Gasteiger partial charge in [0.05, 0.1) is 12.8 Å². The molecule has 0 saturated heterocycles. The van der Waals surface area contributed by atoms with Crippen LogP contribution in [-0.2, 0) is 0 Å². The highest BCUT2D eigenvalue weighted by Gasteiger charge is 2.08. The van der Waals surface area contributed by atoms with Crippen molar-refractivity contribution < 1.29 is 4.74 Å². The Kier molecular flexibility index (Phi) is 4.05. The van der Waals surface area contributed by atoms with Crippen molar-refractivity contribution in [1.82, 2.24) is 9.97 Å². The summed E-state index contributed by atoms with van der Waals surface area (Å²) >= 11 is 0. The van der Waals surface area contributed by atoms with Gasteiger partial charge >= 0.3 is 0 Å². The molecule has 0 radical (unpaired) electrons. The molecular weight excluding hydrogens is 274 g/mol. The zero-order chi connectivity index (χ0) is 13.2. The molecule has 3 aromatic rings. The van der Waals surface area contributed by atoms with E-state index in [1.807, 2.05) is 24.3 Å². The van der Waals surface area contributed by atoms with E-state index in [1.165, 1.54) is 0 Å². The molecule has 0 bridgehead atoms. The van der Waals surface area contributed by atoms with Gasteiger partial charge in [-0.2, -0.15) is 4.98 Å². The van der Waals surface area contributed by atoms with Crippen LogP contribution in [0.1, 0.15) is 0 Å². The second-order valence-corrected chi connectivity index (χ2v) is 4.18. The quantitative estimate of drug-likeness (QED) is 0.785. The number of halogens is 1. The van der Waals surface area contributed by atoms with E-state index in [0.717, 1.165) is 22.0 Å². The number of hydrogen-bond acceptors (Lipinski definition) is 4. The van der Waals surface area contributed by atoms with Gasteiger partial charge in [0.15, 0.2) is 0 Å². The Morgan fingerprint density at radius 1 is 1.00 bits per heavy atom. The standard InChI is InChI=1S/C15H13N3O.ClH/c1-19-14-9-13(17-15(16)18-14)12-8-4-6-10-5-2-3-7-11(10)12;/h2-9H,1H3,(H2,16,17,18);1H. The highest BCUT2D eigenvalue weighted by atomic mass is 35.5. The molecule has 0 aliphatic rings. The summed E-state index contributed by atoms with van der Waals surface area (Å²) < 4.78 is 5.14. The van der Waals surface area contributed by atoms with Crippen molar-refractivity contribution in [1.29, 1.82) is 0 Å². The smallest absolute Gasteiger partial charge is 0.223 e. The van der Waals surface area contributed by atoms with Gasteiger partial charge in [0, 0.05) is 11.6 Å². The van der Waals surface area contributed by atoms with Crippen LogP contribution in [0.5, 0.6) is 5.88 Å². The lowest BCUT2D eigenvalue weighted by Crippen LogP contribution is -1.99. The maximum atomic E-state index is 5.71. The number of hydrogen-bond donors (Lipinski definition) is 1. The van der Waals surface area contributed by atoms with E-state index in [9.17, 15) is 0 Å². The molecule has 0 unspecified atom stereocenters. The van der Waals surface area contributed by atoms with E-state index in [4.69, 9.17) is 10.5 Å². The van der Waals surface area contributed by atoms with Gasteiger partial charge in [0.25, 0.3) is 0 Å². The zero-order valence-corrected chi connectivity index (χ0v) is 11.7. The van der Waals surface area contributed by atoms with Gasteiger partial charge in [-0.3, -0.25) is 0 Å². The van der Waals surface area contributed by atoms with E-state index < -0.39 is 0 Å². The lowest BCUT2D eigenvalue weighted by molar-refractivity contribution is 0.398. The summed E-state index contributed by atoms with van der Waals surface area (Å²) in [6.45, 7) is 0. The molecule has 4 nitrogen and oxygen atoms in total. The van der Waals surface area contributed by atoms with Gasteiger partial charge in [0.1, 0.15) is 0 Å². The van der Waals surface area contributed by atoms with Gasteiger partial charge in [-0.25, -0.2) is 4.98 Å². The number of nitrogens with two attached hydrogens (primary N) is 1. The predicted octanol–water partition coefficient (Wildman–Crippen LogP) is 3.31. The van der Waals surface area contributed by atoms with Crippen LogP contribution in [0, 0.1) is 0 Å². The van der Waals surface area contributed by atoms with Gasteiger partial charge in [-0.15, -0.1) is 12.4 Å².